The lowest BCUT2D eigenvalue weighted by Gasteiger charge is -2.30. The van der Waals surface area contributed by atoms with Crippen molar-refractivity contribution in [2.75, 3.05) is 31.1 Å². The van der Waals surface area contributed by atoms with Gasteiger partial charge in [0.1, 0.15) is 11.9 Å². The fourth-order valence-corrected chi connectivity index (χ4v) is 2.82. The molecule has 1 aromatic rings. The average Bonchev–Trinajstić information content (AvgIpc) is 2.46. The predicted molar refractivity (Wildman–Crippen MR) is 70.7 cm³/mol. The smallest absolute Gasteiger partial charge is 0.146 e. The number of hydrogen-bond donors (Lipinski definition) is 1. The fraction of sp³-hybridized carbons (Fsp3) is 0.571. The van der Waals surface area contributed by atoms with Crippen LogP contribution >= 0.6 is 0 Å². The number of fused-ring (bicyclic) bond motifs is 1. The van der Waals surface area contributed by atoms with Crippen LogP contribution in [0.5, 0.6) is 0 Å². The summed E-state index contributed by atoms with van der Waals surface area (Å²) >= 11 is 0. The molecule has 1 fully saturated rings. The monoisotopic (exact) mass is 242 g/mol. The van der Waals surface area contributed by atoms with Gasteiger partial charge in [-0.2, -0.15) is 5.26 Å². The summed E-state index contributed by atoms with van der Waals surface area (Å²) in [4.78, 5) is 7.02. The van der Waals surface area contributed by atoms with Gasteiger partial charge < -0.3 is 10.2 Å². The lowest BCUT2D eigenvalue weighted by atomic mass is 9.95. The second-order valence-electron chi connectivity index (χ2n) is 5.02. The minimum absolute atomic E-state index is 0.748. The molecule has 1 aliphatic heterocycles. The van der Waals surface area contributed by atoms with Gasteiger partial charge in [0.15, 0.2) is 0 Å². The maximum Gasteiger partial charge on any atom is 0.146 e. The maximum atomic E-state index is 9.32. The van der Waals surface area contributed by atoms with E-state index in [1.807, 2.05) is 0 Å². The number of piperazine rings is 1. The first-order valence-electron chi connectivity index (χ1n) is 6.77. The average molecular weight is 242 g/mol. The molecule has 0 saturated carbocycles. The van der Waals surface area contributed by atoms with Crippen LogP contribution in [0.3, 0.4) is 0 Å². The van der Waals surface area contributed by atoms with Gasteiger partial charge in [-0.1, -0.05) is 0 Å². The van der Waals surface area contributed by atoms with Crippen molar-refractivity contribution in [1.29, 1.82) is 5.26 Å². The van der Waals surface area contributed by atoms with Crippen LogP contribution < -0.4 is 10.2 Å². The highest BCUT2D eigenvalue weighted by Gasteiger charge is 2.20. The van der Waals surface area contributed by atoms with Crippen molar-refractivity contribution >= 4 is 5.82 Å². The van der Waals surface area contributed by atoms with E-state index in [1.165, 1.54) is 24.1 Å². The van der Waals surface area contributed by atoms with E-state index in [9.17, 15) is 5.26 Å². The Balaban J connectivity index is 1.99. The van der Waals surface area contributed by atoms with Gasteiger partial charge in [-0.3, -0.25) is 0 Å². The van der Waals surface area contributed by atoms with Crippen molar-refractivity contribution in [3.63, 3.8) is 0 Å². The summed E-state index contributed by atoms with van der Waals surface area (Å²) in [5, 5.41) is 12.7. The van der Waals surface area contributed by atoms with Gasteiger partial charge in [-0.25, -0.2) is 4.98 Å². The highest BCUT2D eigenvalue weighted by molar-refractivity contribution is 5.56. The Kier molecular flexibility index (Phi) is 3.16. The third-order valence-electron chi connectivity index (χ3n) is 3.82. The Hall–Kier alpha value is -1.60. The van der Waals surface area contributed by atoms with Crippen LogP contribution in [-0.4, -0.2) is 31.2 Å². The fourth-order valence-electron chi connectivity index (χ4n) is 2.82. The molecular formula is C14H18N4. The van der Waals surface area contributed by atoms with Crippen LogP contribution in [0.25, 0.3) is 0 Å². The van der Waals surface area contributed by atoms with Crippen LogP contribution in [0.4, 0.5) is 5.82 Å². The largest absolute Gasteiger partial charge is 0.353 e. The molecule has 0 atom stereocenters. The molecule has 0 amide bonds. The van der Waals surface area contributed by atoms with Crippen LogP contribution in [-0.2, 0) is 12.8 Å². The Morgan fingerprint density at radius 3 is 2.78 bits per heavy atom. The highest BCUT2D eigenvalue weighted by atomic mass is 15.2. The number of nitrogens with zero attached hydrogens (tertiary/aromatic N) is 3. The summed E-state index contributed by atoms with van der Waals surface area (Å²) < 4.78 is 0. The van der Waals surface area contributed by atoms with Crippen molar-refractivity contribution in [3.05, 3.63) is 22.9 Å². The number of nitriles is 1. The molecule has 1 saturated heterocycles. The van der Waals surface area contributed by atoms with Crippen molar-refractivity contribution in [2.24, 2.45) is 0 Å². The van der Waals surface area contributed by atoms with E-state index >= 15 is 0 Å². The molecule has 1 aliphatic carbocycles. The normalized spacial score (nSPS) is 19.2. The molecule has 1 N–H and O–H groups in total. The Labute approximate surface area is 108 Å². The summed E-state index contributed by atoms with van der Waals surface area (Å²) in [6, 6.07) is 4.39. The Bertz CT molecular complexity index is 483. The molecule has 2 heterocycles. The number of rotatable bonds is 1. The Morgan fingerprint density at radius 1 is 1.22 bits per heavy atom. The van der Waals surface area contributed by atoms with Gasteiger partial charge in [0, 0.05) is 31.9 Å². The zero-order chi connectivity index (χ0) is 12.4. The summed E-state index contributed by atoms with van der Waals surface area (Å²) in [7, 11) is 0. The van der Waals surface area contributed by atoms with E-state index in [-0.39, 0.29) is 0 Å². The van der Waals surface area contributed by atoms with Crippen LogP contribution in [0.1, 0.15) is 29.7 Å². The SMILES string of the molecule is N#Cc1cc2c(nc1N1CCNCC1)CCCC2. The zero-order valence-corrected chi connectivity index (χ0v) is 10.6. The van der Waals surface area contributed by atoms with E-state index in [2.05, 4.69) is 22.4 Å². The number of anilines is 1. The van der Waals surface area contributed by atoms with Gasteiger partial charge in [-0.15, -0.1) is 0 Å². The minimum Gasteiger partial charge on any atom is -0.353 e. The standard InChI is InChI=1S/C14H18N4/c15-10-12-9-11-3-1-2-4-13(11)17-14(12)18-7-5-16-6-8-18/h9,16H,1-8H2. The number of aromatic nitrogens is 1. The molecular weight excluding hydrogens is 224 g/mol. The first-order chi connectivity index (χ1) is 8.88. The van der Waals surface area contributed by atoms with E-state index in [1.54, 1.807) is 0 Å². The molecule has 2 aliphatic rings. The van der Waals surface area contributed by atoms with Crippen LogP contribution in [0, 0.1) is 11.3 Å². The second kappa shape index (κ2) is 4.95. The first-order valence-corrected chi connectivity index (χ1v) is 6.77. The number of aryl methyl sites for hydroxylation is 2. The van der Waals surface area contributed by atoms with E-state index in [4.69, 9.17) is 4.98 Å². The number of nitrogens with one attached hydrogen (secondary N) is 1. The van der Waals surface area contributed by atoms with Gasteiger partial charge in [0.25, 0.3) is 0 Å². The third kappa shape index (κ3) is 2.06. The first kappa shape index (κ1) is 11.5. The molecule has 0 bridgehead atoms. The molecule has 0 spiro atoms. The summed E-state index contributed by atoms with van der Waals surface area (Å²) in [6.45, 7) is 3.84. The van der Waals surface area contributed by atoms with Gasteiger partial charge >= 0.3 is 0 Å². The van der Waals surface area contributed by atoms with Crippen molar-refractivity contribution in [3.8, 4) is 6.07 Å². The number of pyridine rings is 1. The molecule has 94 valence electrons. The third-order valence-corrected chi connectivity index (χ3v) is 3.82. The maximum absolute atomic E-state index is 9.32. The lowest BCUT2D eigenvalue weighted by Crippen LogP contribution is -2.44. The van der Waals surface area contributed by atoms with Crippen molar-refractivity contribution in [2.45, 2.75) is 25.7 Å². The second-order valence-corrected chi connectivity index (χ2v) is 5.02. The van der Waals surface area contributed by atoms with Crippen LogP contribution in [0.15, 0.2) is 6.07 Å². The summed E-state index contributed by atoms with van der Waals surface area (Å²) in [5.41, 5.74) is 3.25. The van der Waals surface area contributed by atoms with Gasteiger partial charge in [-0.05, 0) is 37.3 Å². The molecule has 0 unspecified atom stereocenters. The number of hydrogen-bond acceptors (Lipinski definition) is 4. The molecule has 3 rings (SSSR count). The Morgan fingerprint density at radius 2 is 2.00 bits per heavy atom. The molecule has 18 heavy (non-hydrogen) atoms. The molecule has 0 aromatic carbocycles. The zero-order valence-electron chi connectivity index (χ0n) is 10.6. The topological polar surface area (TPSA) is 52.0 Å². The highest BCUT2D eigenvalue weighted by Crippen LogP contribution is 2.26. The molecule has 4 nitrogen and oxygen atoms in total. The summed E-state index contributed by atoms with van der Waals surface area (Å²) in [5.74, 6) is 0.902. The molecule has 0 radical (unpaired) electrons. The van der Waals surface area contributed by atoms with E-state index in [0.29, 0.717) is 0 Å². The van der Waals surface area contributed by atoms with Crippen molar-refractivity contribution < 1.29 is 0 Å². The molecule has 4 heteroatoms. The summed E-state index contributed by atoms with van der Waals surface area (Å²) in [6.07, 6.45) is 4.61. The van der Waals surface area contributed by atoms with Crippen molar-refractivity contribution in [1.82, 2.24) is 10.3 Å². The molecule has 1 aromatic heterocycles. The van der Waals surface area contributed by atoms with E-state index < -0.39 is 0 Å². The van der Waals surface area contributed by atoms with Gasteiger partial charge in [0.05, 0.1) is 5.56 Å². The predicted octanol–water partition coefficient (Wildman–Crippen LogP) is 1.24. The quantitative estimate of drug-likeness (QED) is 0.805. The van der Waals surface area contributed by atoms with E-state index in [0.717, 1.165) is 50.4 Å². The van der Waals surface area contributed by atoms with Gasteiger partial charge in [0.2, 0.25) is 0 Å². The lowest BCUT2D eigenvalue weighted by molar-refractivity contribution is 0.581. The van der Waals surface area contributed by atoms with Crippen LogP contribution in [0.2, 0.25) is 0 Å². The minimum atomic E-state index is 0.748.